The standard InChI is InChI=1S/C31H33F7N6O2/c32-29(33)7-3-19(4-8-29)26(43-27(46)20-5-9-39-21(12-20)15-31(36,37)38)23-16-44-10-6-22(40-28(44)41-23)25(18-1-2-18)42-24(45)11-17-13-30(34,35)14-17/h5-6,9-10,12,16-19,25-26H,1-4,7-8,11,13-15H2,(H,42,45)(H,43,46)/t25-,26-/m0/s1. The van der Waals surface area contributed by atoms with Crippen LogP contribution in [0.25, 0.3) is 5.78 Å². The maximum atomic E-state index is 14.0. The Morgan fingerprint density at radius 3 is 2.22 bits per heavy atom. The van der Waals surface area contributed by atoms with E-state index in [0.717, 1.165) is 25.1 Å². The molecule has 3 aliphatic carbocycles. The van der Waals surface area contributed by atoms with Crippen LogP contribution < -0.4 is 10.6 Å². The number of fused-ring (bicyclic) bond motifs is 1. The number of halogens is 7. The molecule has 248 valence electrons. The Balaban J connectivity index is 1.23. The lowest BCUT2D eigenvalue weighted by molar-refractivity contribution is -0.134. The number of imidazole rings is 1. The molecule has 3 saturated carbocycles. The van der Waals surface area contributed by atoms with Crippen LogP contribution in [0.5, 0.6) is 0 Å². The zero-order chi connectivity index (χ0) is 32.9. The minimum Gasteiger partial charge on any atom is -0.347 e. The number of amides is 2. The molecule has 3 fully saturated rings. The van der Waals surface area contributed by atoms with Gasteiger partial charge in [0.15, 0.2) is 0 Å². The van der Waals surface area contributed by atoms with E-state index in [-0.39, 0.29) is 79.7 Å². The third kappa shape index (κ3) is 7.77. The predicted molar refractivity (Wildman–Crippen MR) is 150 cm³/mol. The van der Waals surface area contributed by atoms with Crippen LogP contribution in [0.1, 0.15) is 97.3 Å². The topological polar surface area (TPSA) is 101 Å². The van der Waals surface area contributed by atoms with Crippen molar-refractivity contribution in [1.29, 1.82) is 0 Å². The van der Waals surface area contributed by atoms with Gasteiger partial charge in [0.25, 0.3) is 5.91 Å². The molecule has 2 atom stereocenters. The molecule has 0 bridgehead atoms. The van der Waals surface area contributed by atoms with Crippen molar-refractivity contribution in [3.63, 3.8) is 0 Å². The highest BCUT2D eigenvalue weighted by Gasteiger charge is 2.46. The van der Waals surface area contributed by atoms with Gasteiger partial charge < -0.3 is 10.6 Å². The van der Waals surface area contributed by atoms with E-state index < -0.39 is 48.4 Å². The molecule has 0 saturated heterocycles. The van der Waals surface area contributed by atoms with E-state index in [1.165, 1.54) is 6.07 Å². The SMILES string of the molecule is O=C(CC1CC(F)(F)C1)N[C@H](c1ccn2cc([C@@H](NC(=O)c3ccnc(CC(F)(F)F)c3)C3CCC(F)(F)CC3)nc2n1)C1CC1. The first kappa shape index (κ1) is 32.2. The minimum absolute atomic E-state index is 0.00552. The highest BCUT2D eigenvalue weighted by atomic mass is 19.4. The normalized spacial score (nSPS) is 21.4. The van der Waals surface area contributed by atoms with Crippen LogP contribution >= 0.6 is 0 Å². The Labute approximate surface area is 259 Å². The molecule has 3 heterocycles. The van der Waals surface area contributed by atoms with Gasteiger partial charge in [-0.25, -0.2) is 27.5 Å². The largest absolute Gasteiger partial charge is 0.394 e. The molecular weight excluding hydrogens is 621 g/mol. The predicted octanol–water partition coefficient (Wildman–Crippen LogP) is 6.53. The van der Waals surface area contributed by atoms with Crippen LogP contribution in [0, 0.1) is 17.8 Å². The number of nitrogens with zero attached hydrogens (tertiary/aromatic N) is 4. The van der Waals surface area contributed by atoms with Gasteiger partial charge in [-0.1, -0.05) is 0 Å². The van der Waals surface area contributed by atoms with Gasteiger partial charge in [-0.15, -0.1) is 0 Å². The van der Waals surface area contributed by atoms with Gasteiger partial charge in [0.2, 0.25) is 23.5 Å². The van der Waals surface area contributed by atoms with Crippen molar-refractivity contribution >= 4 is 17.6 Å². The average molecular weight is 655 g/mol. The molecule has 15 heteroatoms. The lowest BCUT2D eigenvalue weighted by Crippen LogP contribution is -2.39. The Morgan fingerprint density at radius 2 is 1.57 bits per heavy atom. The molecule has 46 heavy (non-hydrogen) atoms. The molecule has 8 nitrogen and oxygen atoms in total. The van der Waals surface area contributed by atoms with Crippen molar-refractivity contribution in [2.45, 2.75) is 94.3 Å². The summed E-state index contributed by atoms with van der Waals surface area (Å²) in [6.45, 7) is 0. The summed E-state index contributed by atoms with van der Waals surface area (Å²) in [5, 5.41) is 5.77. The second-order valence-electron chi connectivity index (χ2n) is 12.9. The summed E-state index contributed by atoms with van der Waals surface area (Å²) < 4.78 is 95.0. The van der Waals surface area contributed by atoms with Crippen molar-refractivity contribution < 1.29 is 40.3 Å². The maximum Gasteiger partial charge on any atom is 0.394 e. The van der Waals surface area contributed by atoms with Crippen molar-refractivity contribution in [3.05, 3.63) is 59.4 Å². The van der Waals surface area contributed by atoms with Crippen LogP contribution in [0.2, 0.25) is 0 Å². The first-order valence-corrected chi connectivity index (χ1v) is 15.4. The maximum absolute atomic E-state index is 14.0. The van der Waals surface area contributed by atoms with Crippen LogP contribution in [-0.2, 0) is 11.2 Å². The molecule has 0 radical (unpaired) electrons. The quantitative estimate of drug-likeness (QED) is 0.242. The number of aromatic nitrogens is 4. The number of alkyl halides is 7. The van der Waals surface area contributed by atoms with Gasteiger partial charge in [0.1, 0.15) is 0 Å². The fourth-order valence-electron chi connectivity index (χ4n) is 6.49. The molecule has 3 aromatic rings. The van der Waals surface area contributed by atoms with E-state index in [2.05, 4.69) is 25.6 Å². The second-order valence-corrected chi connectivity index (χ2v) is 12.9. The van der Waals surface area contributed by atoms with Crippen LogP contribution in [0.15, 0.2) is 36.8 Å². The summed E-state index contributed by atoms with van der Waals surface area (Å²) in [6.07, 6.45) is -0.893. The molecule has 3 aromatic heterocycles. The Kier molecular flexibility index (Phi) is 8.47. The van der Waals surface area contributed by atoms with E-state index in [9.17, 15) is 40.3 Å². The van der Waals surface area contributed by atoms with Gasteiger partial charge in [0, 0.05) is 56.3 Å². The van der Waals surface area contributed by atoms with E-state index in [0.29, 0.717) is 11.4 Å². The summed E-state index contributed by atoms with van der Waals surface area (Å²) in [6, 6.07) is 2.77. The fraction of sp³-hybridized carbons (Fsp3) is 0.581. The number of hydrogen-bond donors (Lipinski definition) is 2. The fourth-order valence-corrected chi connectivity index (χ4v) is 6.49. The lowest BCUT2D eigenvalue weighted by atomic mass is 9.79. The van der Waals surface area contributed by atoms with E-state index in [1.54, 1.807) is 22.9 Å². The summed E-state index contributed by atoms with van der Waals surface area (Å²) >= 11 is 0. The van der Waals surface area contributed by atoms with Gasteiger partial charge in [-0.3, -0.25) is 19.0 Å². The van der Waals surface area contributed by atoms with Crippen molar-refractivity contribution in [2.75, 3.05) is 0 Å². The third-order valence-electron chi connectivity index (χ3n) is 9.04. The number of carbonyl (C=O) groups is 2. The number of rotatable bonds is 10. The number of hydrogen-bond acceptors (Lipinski definition) is 5. The number of carbonyl (C=O) groups excluding carboxylic acids is 2. The molecule has 3 aliphatic rings. The molecule has 2 N–H and O–H groups in total. The molecule has 0 unspecified atom stereocenters. The molecule has 0 aliphatic heterocycles. The first-order valence-electron chi connectivity index (χ1n) is 15.4. The van der Waals surface area contributed by atoms with Crippen molar-refractivity contribution in [2.24, 2.45) is 17.8 Å². The summed E-state index contributed by atoms with van der Waals surface area (Å²) in [5.74, 6) is -6.99. The van der Waals surface area contributed by atoms with Crippen LogP contribution in [0.4, 0.5) is 30.7 Å². The van der Waals surface area contributed by atoms with Crippen LogP contribution in [0.3, 0.4) is 0 Å². The van der Waals surface area contributed by atoms with Gasteiger partial charge >= 0.3 is 6.18 Å². The van der Waals surface area contributed by atoms with Gasteiger partial charge in [0.05, 0.1) is 35.6 Å². The molecule has 0 spiro atoms. The summed E-state index contributed by atoms with van der Waals surface area (Å²) in [5.41, 5.74) is 0.488. The monoisotopic (exact) mass is 654 g/mol. The number of nitrogens with one attached hydrogen (secondary N) is 2. The molecule has 6 rings (SSSR count). The van der Waals surface area contributed by atoms with E-state index in [1.807, 2.05) is 0 Å². The number of pyridine rings is 1. The highest BCUT2D eigenvalue weighted by molar-refractivity contribution is 5.94. The summed E-state index contributed by atoms with van der Waals surface area (Å²) in [4.78, 5) is 39.0. The first-order chi connectivity index (χ1) is 21.6. The van der Waals surface area contributed by atoms with E-state index >= 15 is 0 Å². The van der Waals surface area contributed by atoms with Gasteiger partial charge in [-0.2, -0.15) is 13.2 Å². The minimum atomic E-state index is -4.52. The summed E-state index contributed by atoms with van der Waals surface area (Å²) in [7, 11) is 0. The zero-order valence-electron chi connectivity index (χ0n) is 24.7. The Morgan fingerprint density at radius 1 is 0.913 bits per heavy atom. The molecule has 2 amide bonds. The molecular formula is C31H33F7N6O2. The Bertz CT molecular complexity index is 1590. The van der Waals surface area contributed by atoms with Crippen molar-refractivity contribution in [1.82, 2.24) is 30.0 Å². The smallest absolute Gasteiger partial charge is 0.347 e. The molecule has 0 aromatic carbocycles. The third-order valence-corrected chi connectivity index (χ3v) is 9.04. The zero-order valence-corrected chi connectivity index (χ0v) is 24.7. The Hall–Kier alpha value is -3.78. The average Bonchev–Trinajstić information content (AvgIpc) is 3.71. The van der Waals surface area contributed by atoms with E-state index in [4.69, 9.17) is 0 Å². The van der Waals surface area contributed by atoms with Crippen molar-refractivity contribution in [3.8, 4) is 0 Å². The van der Waals surface area contributed by atoms with Gasteiger partial charge in [-0.05, 0) is 61.6 Å². The highest BCUT2D eigenvalue weighted by Crippen LogP contribution is 2.45. The lowest BCUT2D eigenvalue weighted by Gasteiger charge is -2.34. The van der Waals surface area contributed by atoms with Crippen LogP contribution in [-0.4, -0.2) is 49.2 Å². The second kappa shape index (κ2) is 12.1.